The van der Waals surface area contributed by atoms with Crippen molar-refractivity contribution in [3.8, 4) is 0 Å². The van der Waals surface area contributed by atoms with Crippen LogP contribution in [-0.4, -0.2) is 27.4 Å². The fourth-order valence-electron chi connectivity index (χ4n) is 1.27. The first kappa shape index (κ1) is 13.6. The Bertz CT molecular complexity index is 407. The second-order valence-corrected chi connectivity index (χ2v) is 3.96. The Morgan fingerprint density at radius 3 is 2.76 bits per heavy atom. The summed E-state index contributed by atoms with van der Waals surface area (Å²) in [5.41, 5.74) is 5.80. The predicted octanol–water partition coefficient (Wildman–Crippen LogP) is 1.86. The number of halogens is 3. The van der Waals surface area contributed by atoms with Gasteiger partial charge < -0.3 is 11.1 Å². The third-order valence-corrected chi connectivity index (χ3v) is 2.13. The summed E-state index contributed by atoms with van der Waals surface area (Å²) >= 11 is 4.76. The highest BCUT2D eigenvalue weighted by Crippen LogP contribution is 2.23. The Balaban J connectivity index is 2.78. The van der Waals surface area contributed by atoms with Gasteiger partial charge in [-0.2, -0.15) is 18.3 Å². The second-order valence-electron chi connectivity index (χ2n) is 3.52. The van der Waals surface area contributed by atoms with Crippen LogP contribution in [0.1, 0.15) is 18.9 Å². The number of hydrogen-bond acceptors (Lipinski definition) is 4. The number of thiocarbonyl (C=S) groups is 1. The third kappa shape index (κ3) is 4.51. The Morgan fingerprint density at radius 2 is 2.24 bits per heavy atom. The maximum absolute atomic E-state index is 12.1. The summed E-state index contributed by atoms with van der Waals surface area (Å²) in [4.78, 5) is 0.0570. The molecule has 0 fully saturated rings. The Hall–Kier alpha value is -1.44. The Labute approximate surface area is 101 Å². The molecular formula is C9H11F3N4S. The van der Waals surface area contributed by atoms with E-state index in [-0.39, 0.29) is 10.8 Å². The first-order valence-electron chi connectivity index (χ1n) is 4.74. The zero-order chi connectivity index (χ0) is 13.1. The summed E-state index contributed by atoms with van der Waals surface area (Å²) in [7, 11) is 0. The van der Waals surface area contributed by atoms with E-state index in [1.165, 1.54) is 19.2 Å². The molecule has 1 atom stereocenters. The SMILES string of the molecule is CC(CC(F)(F)F)Nc1nnccc1C(N)=S. The third-order valence-electron chi connectivity index (χ3n) is 1.91. The molecule has 0 amide bonds. The van der Waals surface area contributed by atoms with Gasteiger partial charge in [-0.3, -0.25) is 0 Å². The highest BCUT2D eigenvalue weighted by molar-refractivity contribution is 7.80. The highest BCUT2D eigenvalue weighted by Gasteiger charge is 2.30. The number of nitrogens with zero attached hydrogens (tertiary/aromatic N) is 2. The number of alkyl halides is 3. The van der Waals surface area contributed by atoms with Gasteiger partial charge in [-0.1, -0.05) is 12.2 Å². The minimum atomic E-state index is -4.24. The molecule has 0 aliphatic heterocycles. The molecule has 17 heavy (non-hydrogen) atoms. The number of anilines is 1. The van der Waals surface area contributed by atoms with Gasteiger partial charge in [0.15, 0.2) is 5.82 Å². The number of nitrogens with one attached hydrogen (secondary N) is 1. The zero-order valence-corrected chi connectivity index (χ0v) is 9.77. The summed E-state index contributed by atoms with van der Waals surface area (Å²) in [6.45, 7) is 1.39. The molecule has 8 heteroatoms. The van der Waals surface area contributed by atoms with Crippen LogP contribution in [0.5, 0.6) is 0 Å². The summed E-state index contributed by atoms with van der Waals surface area (Å²) in [6, 6.07) is 0.664. The zero-order valence-electron chi connectivity index (χ0n) is 8.95. The van der Waals surface area contributed by atoms with Crippen molar-refractivity contribution >= 4 is 23.0 Å². The van der Waals surface area contributed by atoms with Crippen molar-refractivity contribution in [1.29, 1.82) is 0 Å². The van der Waals surface area contributed by atoms with Crippen LogP contribution in [0.25, 0.3) is 0 Å². The molecule has 3 N–H and O–H groups in total. The molecule has 1 rings (SSSR count). The lowest BCUT2D eigenvalue weighted by molar-refractivity contribution is -0.136. The van der Waals surface area contributed by atoms with Gasteiger partial charge in [-0.25, -0.2) is 0 Å². The van der Waals surface area contributed by atoms with Crippen LogP contribution in [-0.2, 0) is 0 Å². The monoisotopic (exact) mass is 264 g/mol. The van der Waals surface area contributed by atoms with Crippen molar-refractivity contribution in [2.45, 2.75) is 25.6 Å². The average Bonchev–Trinajstić information content (AvgIpc) is 2.14. The molecular weight excluding hydrogens is 253 g/mol. The molecule has 0 aromatic carbocycles. The van der Waals surface area contributed by atoms with Crippen LogP contribution < -0.4 is 11.1 Å². The van der Waals surface area contributed by atoms with Crippen molar-refractivity contribution < 1.29 is 13.2 Å². The molecule has 1 aromatic rings. The number of nitrogens with two attached hydrogens (primary N) is 1. The van der Waals surface area contributed by atoms with Crippen molar-refractivity contribution in [1.82, 2.24) is 10.2 Å². The van der Waals surface area contributed by atoms with Crippen molar-refractivity contribution in [2.24, 2.45) is 5.73 Å². The summed E-state index contributed by atoms with van der Waals surface area (Å²) in [6.07, 6.45) is -3.84. The smallest absolute Gasteiger partial charge is 0.389 e. The Morgan fingerprint density at radius 1 is 1.59 bits per heavy atom. The topological polar surface area (TPSA) is 63.8 Å². The van der Waals surface area contributed by atoms with E-state index in [0.29, 0.717) is 5.56 Å². The van der Waals surface area contributed by atoms with E-state index in [1.54, 1.807) is 0 Å². The van der Waals surface area contributed by atoms with Gasteiger partial charge in [-0.05, 0) is 13.0 Å². The van der Waals surface area contributed by atoms with Crippen LogP contribution in [0.2, 0.25) is 0 Å². The molecule has 1 aromatic heterocycles. The van der Waals surface area contributed by atoms with E-state index in [1.807, 2.05) is 0 Å². The maximum atomic E-state index is 12.1. The molecule has 4 nitrogen and oxygen atoms in total. The van der Waals surface area contributed by atoms with Gasteiger partial charge in [0, 0.05) is 6.04 Å². The van der Waals surface area contributed by atoms with E-state index in [4.69, 9.17) is 18.0 Å². The lowest BCUT2D eigenvalue weighted by Crippen LogP contribution is -2.26. The molecule has 0 saturated heterocycles. The van der Waals surface area contributed by atoms with Gasteiger partial charge >= 0.3 is 6.18 Å². The van der Waals surface area contributed by atoms with E-state index in [0.717, 1.165) is 0 Å². The number of rotatable bonds is 4. The first-order valence-corrected chi connectivity index (χ1v) is 5.15. The first-order chi connectivity index (χ1) is 7.79. The van der Waals surface area contributed by atoms with Crippen LogP contribution >= 0.6 is 12.2 Å². The van der Waals surface area contributed by atoms with Crippen LogP contribution in [0.3, 0.4) is 0 Å². The minimum Gasteiger partial charge on any atom is -0.389 e. The molecule has 0 saturated carbocycles. The maximum Gasteiger partial charge on any atom is 0.391 e. The molecule has 94 valence electrons. The highest BCUT2D eigenvalue weighted by atomic mass is 32.1. The van der Waals surface area contributed by atoms with Gasteiger partial charge in [0.1, 0.15) is 4.99 Å². The summed E-state index contributed by atoms with van der Waals surface area (Å²) < 4.78 is 36.4. The summed E-state index contributed by atoms with van der Waals surface area (Å²) in [5.74, 6) is 0.164. The van der Waals surface area contributed by atoms with Crippen molar-refractivity contribution in [3.05, 3.63) is 17.8 Å². The van der Waals surface area contributed by atoms with E-state index >= 15 is 0 Å². The van der Waals surface area contributed by atoms with Crippen molar-refractivity contribution in [2.75, 3.05) is 5.32 Å². The number of hydrogen-bond donors (Lipinski definition) is 2. The Kier molecular flexibility index (Phi) is 4.22. The van der Waals surface area contributed by atoms with Crippen molar-refractivity contribution in [3.63, 3.8) is 0 Å². The summed E-state index contributed by atoms with van der Waals surface area (Å²) in [5, 5.41) is 9.83. The van der Waals surface area contributed by atoms with Crippen LogP contribution in [0, 0.1) is 0 Å². The van der Waals surface area contributed by atoms with Gasteiger partial charge in [0.25, 0.3) is 0 Å². The van der Waals surface area contributed by atoms with E-state index in [9.17, 15) is 13.2 Å². The quantitative estimate of drug-likeness (QED) is 0.813. The van der Waals surface area contributed by atoms with Gasteiger partial charge in [0.05, 0.1) is 18.2 Å². The normalized spacial score (nSPS) is 13.2. The van der Waals surface area contributed by atoms with Crippen LogP contribution in [0.4, 0.5) is 19.0 Å². The molecule has 1 heterocycles. The molecule has 0 bridgehead atoms. The lowest BCUT2D eigenvalue weighted by Gasteiger charge is -2.17. The fraction of sp³-hybridized carbons (Fsp3) is 0.444. The van der Waals surface area contributed by atoms with Gasteiger partial charge in [-0.15, -0.1) is 5.10 Å². The predicted molar refractivity (Wildman–Crippen MR) is 61.7 cm³/mol. The molecule has 0 aliphatic carbocycles. The number of aromatic nitrogens is 2. The van der Waals surface area contributed by atoms with Crippen LogP contribution in [0.15, 0.2) is 12.3 Å². The molecule has 1 unspecified atom stereocenters. The average molecular weight is 264 g/mol. The molecule has 0 aliphatic rings. The second kappa shape index (κ2) is 5.26. The van der Waals surface area contributed by atoms with Gasteiger partial charge in [0.2, 0.25) is 0 Å². The minimum absolute atomic E-state index is 0.0570. The lowest BCUT2D eigenvalue weighted by atomic mass is 10.2. The largest absolute Gasteiger partial charge is 0.391 e. The molecule has 0 spiro atoms. The fourth-order valence-corrected chi connectivity index (χ4v) is 1.43. The molecule has 0 radical (unpaired) electrons. The standard InChI is InChI=1S/C9H11F3N4S/c1-5(4-9(10,11)12)15-8-6(7(13)17)2-3-14-16-8/h2-3,5H,4H2,1H3,(H2,13,17)(H,15,16). The van der Waals surface area contributed by atoms with E-state index in [2.05, 4.69) is 15.5 Å². The van der Waals surface area contributed by atoms with E-state index < -0.39 is 18.6 Å².